The first-order valence-electron chi connectivity index (χ1n) is 10.9. The summed E-state index contributed by atoms with van der Waals surface area (Å²) < 4.78 is 13.5. The summed E-state index contributed by atoms with van der Waals surface area (Å²) in [5.74, 6) is 1.47. The normalized spacial score (nSPS) is 15.9. The van der Waals surface area contributed by atoms with Gasteiger partial charge in [-0.1, -0.05) is 18.2 Å². The number of halogens is 1. The summed E-state index contributed by atoms with van der Waals surface area (Å²) in [7, 11) is 2.15. The molecule has 32 heavy (non-hydrogen) atoms. The molecule has 164 valence electrons. The highest BCUT2D eigenvalue weighted by atomic mass is 19.1. The number of hydrogen-bond donors (Lipinski definition) is 2. The average molecular weight is 431 g/mol. The summed E-state index contributed by atoms with van der Waals surface area (Å²) in [5.41, 5.74) is 11.1. The van der Waals surface area contributed by atoms with Gasteiger partial charge in [-0.25, -0.2) is 14.4 Å². The fraction of sp³-hybridized carbons (Fsp3) is 0.280. The number of rotatable bonds is 5. The highest BCUT2D eigenvalue weighted by molar-refractivity contribution is 5.82. The van der Waals surface area contributed by atoms with E-state index < -0.39 is 0 Å². The van der Waals surface area contributed by atoms with Gasteiger partial charge in [-0.05, 0) is 61.0 Å². The SMILES string of the molecule is CN1CCN(c2ccc(-c3ccc4nc([C@H](N)Cc5cccc(F)c5)[nH]c4c3)cn2)CC1. The number of pyridine rings is 1. The first-order chi connectivity index (χ1) is 15.5. The minimum Gasteiger partial charge on any atom is -0.354 e. The molecule has 3 heterocycles. The molecule has 2 aromatic carbocycles. The number of anilines is 1. The lowest BCUT2D eigenvalue weighted by molar-refractivity contribution is 0.312. The van der Waals surface area contributed by atoms with E-state index in [-0.39, 0.29) is 11.9 Å². The van der Waals surface area contributed by atoms with Crippen molar-refractivity contribution in [1.29, 1.82) is 0 Å². The molecule has 1 saturated heterocycles. The first kappa shape index (κ1) is 20.6. The molecule has 0 unspecified atom stereocenters. The zero-order chi connectivity index (χ0) is 22.1. The van der Waals surface area contributed by atoms with Crippen LogP contribution >= 0.6 is 0 Å². The summed E-state index contributed by atoms with van der Waals surface area (Å²) in [5, 5.41) is 0. The monoisotopic (exact) mass is 430 g/mol. The molecule has 1 fully saturated rings. The van der Waals surface area contributed by atoms with Crippen molar-refractivity contribution in [3.05, 3.63) is 78.0 Å². The molecule has 0 aliphatic carbocycles. The Labute approximate surface area is 186 Å². The van der Waals surface area contributed by atoms with Crippen LogP contribution in [0.2, 0.25) is 0 Å². The Balaban J connectivity index is 1.33. The molecule has 2 aromatic heterocycles. The second-order valence-corrected chi connectivity index (χ2v) is 8.49. The molecule has 1 atom stereocenters. The van der Waals surface area contributed by atoms with Crippen molar-refractivity contribution in [3.63, 3.8) is 0 Å². The molecule has 0 amide bonds. The number of nitrogens with zero attached hydrogens (tertiary/aromatic N) is 4. The lowest BCUT2D eigenvalue weighted by Crippen LogP contribution is -2.44. The number of aromatic nitrogens is 3. The smallest absolute Gasteiger partial charge is 0.128 e. The van der Waals surface area contributed by atoms with E-state index in [1.165, 1.54) is 12.1 Å². The average Bonchev–Trinajstić information content (AvgIpc) is 3.23. The minimum atomic E-state index is -0.336. The summed E-state index contributed by atoms with van der Waals surface area (Å²) in [4.78, 5) is 17.4. The molecule has 0 saturated carbocycles. The van der Waals surface area contributed by atoms with Crippen molar-refractivity contribution in [3.8, 4) is 11.1 Å². The third-order valence-corrected chi connectivity index (χ3v) is 6.10. The highest BCUT2D eigenvalue weighted by Gasteiger charge is 2.16. The van der Waals surface area contributed by atoms with Crippen molar-refractivity contribution in [2.24, 2.45) is 5.73 Å². The Bertz CT molecular complexity index is 1210. The maximum absolute atomic E-state index is 13.5. The molecule has 0 radical (unpaired) electrons. The summed E-state index contributed by atoms with van der Waals surface area (Å²) in [6, 6.07) is 16.5. The third-order valence-electron chi connectivity index (χ3n) is 6.10. The van der Waals surface area contributed by atoms with E-state index in [1.807, 2.05) is 18.3 Å². The van der Waals surface area contributed by atoms with Crippen LogP contribution in [0.4, 0.5) is 10.2 Å². The molecule has 7 heteroatoms. The van der Waals surface area contributed by atoms with E-state index in [0.29, 0.717) is 12.2 Å². The van der Waals surface area contributed by atoms with Crippen molar-refractivity contribution >= 4 is 16.9 Å². The number of nitrogens with two attached hydrogens (primary N) is 1. The molecule has 0 bridgehead atoms. The van der Waals surface area contributed by atoms with Crippen LogP contribution in [0.1, 0.15) is 17.4 Å². The standard InChI is InChI=1S/C25H27FN6/c1-31-9-11-32(12-10-31)24-8-6-19(16-28-24)18-5-7-22-23(15-18)30-25(29-22)21(27)14-17-3-2-4-20(26)13-17/h2-8,13,15-16,21H,9-12,14,27H2,1H3,(H,29,30)/t21-/m1/s1. The molecule has 6 nitrogen and oxygen atoms in total. The van der Waals surface area contributed by atoms with E-state index in [2.05, 4.69) is 51.1 Å². The molecule has 4 aromatic rings. The molecule has 5 rings (SSSR count). The number of likely N-dealkylation sites (N-methyl/N-ethyl adjacent to an activating group) is 1. The fourth-order valence-electron chi connectivity index (χ4n) is 4.18. The lowest BCUT2D eigenvalue weighted by Gasteiger charge is -2.33. The quantitative estimate of drug-likeness (QED) is 0.504. The van der Waals surface area contributed by atoms with Crippen LogP contribution in [-0.4, -0.2) is 53.1 Å². The largest absolute Gasteiger partial charge is 0.354 e. The Morgan fingerprint density at radius 1 is 1.03 bits per heavy atom. The zero-order valence-electron chi connectivity index (χ0n) is 18.1. The van der Waals surface area contributed by atoms with E-state index in [0.717, 1.165) is 59.7 Å². The molecule has 3 N–H and O–H groups in total. The number of fused-ring (bicyclic) bond motifs is 1. The summed E-state index contributed by atoms with van der Waals surface area (Å²) in [6.07, 6.45) is 2.45. The maximum atomic E-state index is 13.5. The van der Waals surface area contributed by atoms with Gasteiger partial charge in [0, 0.05) is 37.9 Å². The van der Waals surface area contributed by atoms with E-state index in [1.54, 1.807) is 6.07 Å². The lowest BCUT2D eigenvalue weighted by atomic mass is 10.1. The van der Waals surface area contributed by atoms with Gasteiger partial charge < -0.3 is 20.5 Å². The maximum Gasteiger partial charge on any atom is 0.128 e. The Morgan fingerprint density at radius 2 is 1.84 bits per heavy atom. The molecular weight excluding hydrogens is 403 g/mol. The predicted molar refractivity (Wildman–Crippen MR) is 126 cm³/mol. The third kappa shape index (κ3) is 4.35. The van der Waals surface area contributed by atoms with Gasteiger partial charge in [-0.3, -0.25) is 0 Å². The number of piperazine rings is 1. The Kier molecular flexibility index (Phi) is 5.59. The van der Waals surface area contributed by atoms with E-state index in [4.69, 9.17) is 10.7 Å². The van der Waals surface area contributed by atoms with Crippen LogP contribution in [0.15, 0.2) is 60.8 Å². The van der Waals surface area contributed by atoms with Crippen LogP contribution in [-0.2, 0) is 6.42 Å². The minimum absolute atomic E-state index is 0.254. The second-order valence-electron chi connectivity index (χ2n) is 8.49. The van der Waals surface area contributed by atoms with Crippen LogP contribution in [0, 0.1) is 5.82 Å². The molecule has 1 aliphatic rings. The van der Waals surface area contributed by atoms with Gasteiger partial charge in [0.25, 0.3) is 0 Å². The summed E-state index contributed by atoms with van der Waals surface area (Å²) >= 11 is 0. The number of H-pyrrole nitrogens is 1. The van der Waals surface area contributed by atoms with Crippen molar-refractivity contribution in [2.75, 3.05) is 38.1 Å². The van der Waals surface area contributed by atoms with Crippen molar-refractivity contribution in [2.45, 2.75) is 12.5 Å². The van der Waals surface area contributed by atoms with Crippen molar-refractivity contribution < 1.29 is 4.39 Å². The number of aromatic amines is 1. The van der Waals surface area contributed by atoms with Crippen LogP contribution in [0.3, 0.4) is 0 Å². The Morgan fingerprint density at radius 3 is 2.59 bits per heavy atom. The number of hydrogen-bond acceptors (Lipinski definition) is 5. The topological polar surface area (TPSA) is 74.1 Å². The van der Waals surface area contributed by atoms with Gasteiger partial charge >= 0.3 is 0 Å². The predicted octanol–water partition coefficient (Wildman–Crippen LogP) is 3.76. The van der Waals surface area contributed by atoms with Gasteiger partial charge in [0.05, 0.1) is 17.1 Å². The van der Waals surface area contributed by atoms with Crippen molar-refractivity contribution in [1.82, 2.24) is 19.9 Å². The van der Waals surface area contributed by atoms with E-state index in [9.17, 15) is 4.39 Å². The van der Waals surface area contributed by atoms with Gasteiger partial charge in [0.1, 0.15) is 17.5 Å². The highest BCUT2D eigenvalue weighted by Crippen LogP contribution is 2.26. The zero-order valence-corrected chi connectivity index (χ0v) is 18.1. The van der Waals surface area contributed by atoms with Crippen LogP contribution < -0.4 is 10.6 Å². The molecule has 0 spiro atoms. The van der Waals surface area contributed by atoms with Gasteiger partial charge in [-0.15, -0.1) is 0 Å². The fourth-order valence-corrected chi connectivity index (χ4v) is 4.18. The van der Waals surface area contributed by atoms with Gasteiger partial charge in [0.2, 0.25) is 0 Å². The first-order valence-corrected chi connectivity index (χ1v) is 10.9. The van der Waals surface area contributed by atoms with E-state index >= 15 is 0 Å². The van der Waals surface area contributed by atoms with Gasteiger partial charge in [-0.2, -0.15) is 0 Å². The molecule has 1 aliphatic heterocycles. The second kappa shape index (κ2) is 8.68. The van der Waals surface area contributed by atoms with Gasteiger partial charge in [0.15, 0.2) is 0 Å². The summed E-state index contributed by atoms with van der Waals surface area (Å²) in [6.45, 7) is 4.12. The Hall–Kier alpha value is -3.29. The van der Waals surface area contributed by atoms with Crippen LogP contribution in [0.25, 0.3) is 22.2 Å². The molecular formula is C25H27FN6. The number of nitrogens with one attached hydrogen (secondary N) is 1. The van der Waals surface area contributed by atoms with Crippen LogP contribution in [0.5, 0.6) is 0 Å². The number of imidazole rings is 1. The number of benzene rings is 2.